The van der Waals surface area contributed by atoms with E-state index in [-0.39, 0.29) is 40.5 Å². The average Bonchev–Trinajstić information content (AvgIpc) is 2.74. The SMILES string of the molecule is O=C(COC(=O)c1ccc(Cl)c(S(=O)(=O)N2CCOCC2)c1)NC1CCCCCCC1. The van der Waals surface area contributed by atoms with E-state index in [9.17, 15) is 18.0 Å². The monoisotopic (exact) mass is 472 g/mol. The zero-order valence-corrected chi connectivity index (χ0v) is 19.1. The summed E-state index contributed by atoms with van der Waals surface area (Å²) in [5.74, 6) is -1.13. The van der Waals surface area contributed by atoms with Gasteiger partial charge in [0, 0.05) is 19.1 Å². The first-order valence-electron chi connectivity index (χ1n) is 10.7. The van der Waals surface area contributed by atoms with Crippen molar-refractivity contribution < 1.29 is 27.5 Å². The fraction of sp³-hybridized carbons (Fsp3) is 0.619. The molecule has 1 aliphatic heterocycles. The van der Waals surface area contributed by atoms with Gasteiger partial charge >= 0.3 is 5.97 Å². The van der Waals surface area contributed by atoms with Gasteiger partial charge in [-0.05, 0) is 31.0 Å². The van der Waals surface area contributed by atoms with Crippen molar-refractivity contribution in [2.45, 2.75) is 55.9 Å². The number of benzene rings is 1. The Morgan fingerprint density at radius 2 is 1.74 bits per heavy atom. The van der Waals surface area contributed by atoms with E-state index in [1.807, 2.05) is 0 Å². The van der Waals surface area contributed by atoms with Crippen LogP contribution in [0.5, 0.6) is 0 Å². The quantitative estimate of drug-likeness (QED) is 0.639. The number of rotatable bonds is 6. The van der Waals surface area contributed by atoms with Crippen molar-refractivity contribution in [3.05, 3.63) is 28.8 Å². The first kappa shape index (κ1) is 24.0. The molecule has 1 saturated carbocycles. The Kier molecular flexibility index (Phi) is 8.71. The maximum absolute atomic E-state index is 12.9. The number of carbonyl (C=O) groups excluding carboxylic acids is 2. The summed E-state index contributed by atoms with van der Waals surface area (Å²) in [5, 5.41) is 2.95. The van der Waals surface area contributed by atoms with Gasteiger partial charge in [0.05, 0.1) is 23.8 Å². The molecule has 1 aromatic rings. The van der Waals surface area contributed by atoms with E-state index < -0.39 is 22.6 Å². The third-order valence-electron chi connectivity index (χ3n) is 5.56. The van der Waals surface area contributed by atoms with Crippen LogP contribution in [0.25, 0.3) is 0 Å². The van der Waals surface area contributed by atoms with Gasteiger partial charge in [-0.15, -0.1) is 0 Å². The number of nitrogens with one attached hydrogen (secondary N) is 1. The molecule has 2 aliphatic rings. The zero-order chi connectivity index (χ0) is 22.3. The molecule has 1 heterocycles. The van der Waals surface area contributed by atoms with Crippen LogP contribution in [-0.2, 0) is 24.3 Å². The number of esters is 1. The summed E-state index contributed by atoms with van der Waals surface area (Å²) in [5.41, 5.74) is 0.0231. The molecule has 0 aromatic heterocycles. The van der Waals surface area contributed by atoms with Crippen molar-refractivity contribution >= 4 is 33.5 Å². The lowest BCUT2D eigenvalue weighted by Crippen LogP contribution is -2.40. The van der Waals surface area contributed by atoms with Crippen LogP contribution >= 0.6 is 11.6 Å². The highest BCUT2D eigenvalue weighted by Crippen LogP contribution is 2.27. The Balaban J connectivity index is 1.60. The number of hydrogen-bond donors (Lipinski definition) is 1. The third-order valence-corrected chi connectivity index (χ3v) is 7.94. The molecular formula is C21H29ClN2O6S. The van der Waals surface area contributed by atoms with Gasteiger partial charge in [-0.3, -0.25) is 4.79 Å². The normalized spacial score (nSPS) is 19.3. The molecule has 0 atom stereocenters. The molecular weight excluding hydrogens is 444 g/mol. The second-order valence-electron chi connectivity index (χ2n) is 7.85. The Bertz CT molecular complexity index is 878. The van der Waals surface area contributed by atoms with Crippen LogP contribution in [0.1, 0.15) is 55.3 Å². The smallest absolute Gasteiger partial charge is 0.338 e. The molecule has 3 rings (SSSR count). The van der Waals surface area contributed by atoms with Crippen molar-refractivity contribution in [3.63, 3.8) is 0 Å². The molecule has 172 valence electrons. The predicted molar refractivity (Wildman–Crippen MR) is 116 cm³/mol. The zero-order valence-electron chi connectivity index (χ0n) is 17.5. The molecule has 1 aliphatic carbocycles. The Labute approximate surface area is 188 Å². The van der Waals surface area contributed by atoms with Gasteiger partial charge in [0.15, 0.2) is 6.61 Å². The van der Waals surface area contributed by atoms with Crippen LogP contribution in [0.3, 0.4) is 0 Å². The van der Waals surface area contributed by atoms with Crippen molar-refractivity contribution in [2.24, 2.45) is 0 Å². The fourth-order valence-corrected chi connectivity index (χ4v) is 5.75. The van der Waals surface area contributed by atoms with E-state index in [2.05, 4.69) is 5.32 Å². The summed E-state index contributed by atoms with van der Waals surface area (Å²) in [6, 6.07) is 4.03. The molecule has 1 saturated heterocycles. The average molecular weight is 473 g/mol. The lowest BCUT2D eigenvalue weighted by molar-refractivity contribution is -0.125. The Morgan fingerprint density at radius 1 is 1.10 bits per heavy atom. The van der Waals surface area contributed by atoms with Crippen LogP contribution in [0, 0.1) is 0 Å². The number of sulfonamides is 1. The highest BCUT2D eigenvalue weighted by atomic mass is 35.5. The van der Waals surface area contributed by atoms with Gasteiger partial charge in [-0.25, -0.2) is 13.2 Å². The molecule has 10 heteroatoms. The molecule has 0 spiro atoms. The lowest BCUT2D eigenvalue weighted by Gasteiger charge is -2.26. The van der Waals surface area contributed by atoms with Crippen LogP contribution in [0.15, 0.2) is 23.1 Å². The molecule has 2 fully saturated rings. The van der Waals surface area contributed by atoms with Gasteiger partial charge in [0.1, 0.15) is 4.90 Å². The van der Waals surface area contributed by atoms with Crippen molar-refractivity contribution in [1.82, 2.24) is 9.62 Å². The van der Waals surface area contributed by atoms with Crippen LogP contribution in [-0.4, -0.2) is 63.6 Å². The van der Waals surface area contributed by atoms with E-state index in [0.29, 0.717) is 13.2 Å². The van der Waals surface area contributed by atoms with E-state index in [1.165, 1.54) is 41.8 Å². The number of morpholine rings is 1. The second-order valence-corrected chi connectivity index (χ2v) is 10.2. The van der Waals surface area contributed by atoms with Gasteiger partial charge < -0.3 is 14.8 Å². The summed E-state index contributed by atoms with van der Waals surface area (Å²) in [4.78, 5) is 24.5. The topological polar surface area (TPSA) is 102 Å². The van der Waals surface area contributed by atoms with Crippen molar-refractivity contribution in [1.29, 1.82) is 0 Å². The number of nitrogens with zero attached hydrogens (tertiary/aromatic N) is 1. The molecule has 31 heavy (non-hydrogen) atoms. The summed E-state index contributed by atoms with van der Waals surface area (Å²) < 4.78 is 37.4. The van der Waals surface area contributed by atoms with Crippen LogP contribution in [0.4, 0.5) is 0 Å². The Morgan fingerprint density at radius 3 is 2.42 bits per heavy atom. The van der Waals surface area contributed by atoms with Gasteiger partial charge in [-0.2, -0.15) is 4.31 Å². The van der Waals surface area contributed by atoms with E-state index in [4.69, 9.17) is 21.1 Å². The highest BCUT2D eigenvalue weighted by molar-refractivity contribution is 7.89. The van der Waals surface area contributed by atoms with Crippen molar-refractivity contribution in [3.8, 4) is 0 Å². The fourth-order valence-electron chi connectivity index (χ4n) is 3.84. The maximum Gasteiger partial charge on any atom is 0.338 e. The molecule has 0 unspecified atom stereocenters. The first-order valence-corrected chi connectivity index (χ1v) is 12.5. The molecule has 1 aromatic carbocycles. The maximum atomic E-state index is 12.9. The standard InChI is InChI=1S/C21H29ClN2O6S/c22-18-9-8-16(14-19(18)31(27,28)24-10-12-29-13-11-24)21(26)30-15-20(25)23-17-6-4-2-1-3-5-7-17/h8-9,14,17H,1-7,10-13,15H2,(H,23,25). The first-order chi connectivity index (χ1) is 14.9. The molecule has 1 N–H and O–H groups in total. The summed E-state index contributed by atoms with van der Waals surface area (Å²) in [6.07, 6.45) is 7.61. The van der Waals surface area contributed by atoms with Gasteiger partial charge in [0.2, 0.25) is 10.0 Å². The third kappa shape index (κ3) is 6.65. The van der Waals surface area contributed by atoms with Crippen molar-refractivity contribution in [2.75, 3.05) is 32.9 Å². The van der Waals surface area contributed by atoms with E-state index in [0.717, 1.165) is 25.7 Å². The van der Waals surface area contributed by atoms with Gasteiger partial charge in [-0.1, -0.05) is 43.7 Å². The summed E-state index contributed by atoms with van der Waals surface area (Å²) in [7, 11) is -3.87. The van der Waals surface area contributed by atoms with Crippen LogP contribution in [0.2, 0.25) is 5.02 Å². The number of halogens is 1. The minimum Gasteiger partial charge on any atom is -0.452 e. The van der Waals surface area contributed by atoms with Crippen LogP contribution < -0.4 is 5.32 Å². The predicted octanol–water partition coefficient (Wildman–Crippen LogP) is 2.75. The van der Waals surface area contributed by atoms with Gasteiger partial charge in [0.25, 0.3) is 5.91 Å². The minimum absolute atomic E-state index is 0.0186. The minimum atomic E-state index is -3.87. The molecule has 0 bridgehead atoms. The summed E-state index contributed by atoms with van der Waals surface area (Å²) >= 11 is 6.11. The van der Waals surface area contributed by atoms with E-state index >= 15 is 0 Å². The summed E-state index contributed by atoms with van der Waals surface area (Å²) in [6.45, 7) is 0.621. The highest BCUT2D eigenvalue weighted by Gasteiger charge is 2.29. The number of amides is 1. The molecule has 0 radical (unpaired) electrons. The van der Waals surface area contributed by atoms with E-state index in [1.54, 1.807) is 0 Å². The second kappa shape index (κ2) is 11.3. The largest absolute Gasteiger partial charge is 0.452 e. The Hall–Kier alpha value is -1.68. The molecule has 1 amide bonds. The number of hydrogen-bond acceptors (Lipinski definition) is 6. The molecule has 8 nitrogen and oxygen atoms in total. The number of carbonyl (C=O) groups is 2. The number of ether oxygens (including phenoxy) is 2. The lowest BCUT2D eigenvalue weighted by atomic mass is 9.97.